The Balaban J connectivity index is 1.65. The number of ether oxygens (including phenoxy) is 1. The van der Waals surface area contributed by atoms with Gasteiger partial charge in [-0.15, -0.1) is 0 Å². The van der Waals surface area contributed by atoms with Crippen LogP contribution in [0.5, 0.6) is 0 Å². The zero-order valence-corrected chi connectivity index (χ0v) is 17.3. The lowest BCUT2D eigenvalue weighted by molar-refractivity contribution is 0.145. The maximum atomic E-state index is 14.9. The van der Waals surface area contributed by atoms with Gasteiger partial charge in [0.15, 0.2) is 11.7 Å². The first-order chi connectivity index (χ1) is 15.4. The van der Waals surface area contributed by atoms with Gasteiger partial charge in [-0.05, 0) is 23.1 Å². The van der Waals surface area contributed by atoms with Crippen LogP contribution in [0.25, 0.3) is 22.8 Å². The van der Waals surface area contributed by atoms with Gasteiger partial charge >= 0.3 is 0 Å². The number of alkyl halides is 2. The Morgan fingerprint density at radius 2 is 1.50 bits per heavy atom. The van der Waals surface area contributed by atoms with Crippen molar-refractivity contribution in [3.63, 3.8) is 0 Å². The third-order valence-electron chi connectivity index (χ3n) is 5.50. The second-order valence-electron chi connectivity index (χ2n) is 7.70. The highest BCUT2D eigenvalue weighted by Gasteiger charge is 2.33. The van der Waals surface area contributed by atoms with Crippen molar-refractivity contribution in [1.29, 1.82) is 0 Å². The summed E-state index contributed by atoms with van der Waals surface area (Å²) in [4.78, 5) is 0. The van der Waals surface area contributed by atoms with Crippen molar-refractivity contribution in [2.75, 3.05) is 6.61 Å². The van der Waals surface area contributed by atoms with Crippen molar-refractivity contribution in [1.82, 2.24) is 0 Å². The molecule has 0 bridgehead atoms. The third kappa shape index (κ3) is 4.46. The Morgan fingerprint density at radius 3 is 2.03 bits per heavy atom. The molecule has 0 N–H and O–H groups in total. The Labute approximate surface area is 183 Å². The van der Waals surface area contributed by atoms with Gasteiger partial charge in [0.05, 0.1) is 12.2 Å². The predicted octanol–water partition coefficient (Wildman–Crippen LogP) is 8.22. The minimum Gasteiger partial charge on any atom is -0.368 e. The second kappa shape index (κ2) is 9.25. The highest BCUT2D eigenvalue weighted by atomic mass is 19.3. The average molecular weight is 444 g/mol. The van der Waals surface area contributed by atoms with E-state index in [9.17, 15) is 22.0 Å². The monoisotopic (exact) mass is 444 g/mol. The van der Waals surface area contributed by atoms with E-state index in [0.717, 1.165) is 36.1 Å². The number of halogens is 5. The number of epoxide rings is 1. The van der Waals surface area contributed by atoms with Gasteiger partial charge in [0.25, 0.3) is 6.43 Å². The van der Waals surface area contributed by atoms with Crippen molar-refractivity contribution >= 4 is 11.7 Å². The molecule has 1 saturated heterocycles. The van der Waals surface area contributed by atoms with Crippen LogP contribution in [-0.2, 0) is 11.2 Å². The number of rotatable bonds is 7. The summed E-state index contributed by atoms with van der Waals surface area (Å²) in [6.45, 7) is 2.31. The van der Waals surface area contributed by atoms with Crippen LogP contribution in [0, 0.1) is 5.82 Å². The molecule has 166 valence electrons. The lowest BCUT2D eigenvalue weighted by Gasteiger charge is -2.12. The molecule has 3 aromatic carbocycles. The summed E-state index contributed by atoms with van der Waals surface area (Å²) in [5, 5.41) is 0. The maximum Gasteiger partial charge on any atom is 0.267 e. The molecule has 0 aromatic heterocycles. The highest BCUT2D eigenvalue weighted by molar-refractivity contribution is 5.85. The lowest BCUT2D eigenvalue weighted by atomic mass is 9.98. The Hall–Kier alpha value is -2.99. The van der Waals surface area contributed by atoms with Crippen molar-refractivity contribution < 1.29 is 26.7 Å². The van der Waals surface area contributed by atoms with E-state index >= 15 is 0 Å². The van der Waals surface area contributed by atoms with E-state index in [4.69, 9.17) is 4.74 Å². The summed E-state index contributed by atoms with van der Waals surface area (Å²) in [6, 6.07) is 16.1. The topological polar surface area (TPSA) is 12.5 Å². The van der Waals surface area contributed by atoms with Gasteiger partial charge in [-0.1, -0.05) is 74.0 Å². The highest BCUT2D eigenvalue weighted by Crippen LogP contribution is 2.41. The van der Waals surface area contributed by atoms with E-state index in [1.165, 1.54) is 17.7 Å². The van der Waals surface area contributed by atoms with Crippen LogP contribution in [-0.4, -0.2) is 6.61 Å². The smallest absolute Gasteiger partial charge is 0.267 e. The van der Waals surface area contributed by atoms with E-state index in [2.05, 4.69) is 6.92 Å². The SMILES string of the molecule is CCCc1ccc(-c2ccc(/C(F)=C(\F)c3ccc(C4CO4)c(F)c3C(F)F)cc2)cc1. The van der Waals surface area contributed by atoms with Crippen LogP contribution in [0.2, 0.25) is 0 Å². The van der Waals surface area contributed by atoms with Gasteiger partial charge < -0.3 is 4.74 Å². The van der Waals surface area contributed by atoms with E-state index in [0.29, 0.717) is 0 Å². The molecule has 1 fully saturated rings. The van der Waals surface area contributed by atoms with Gasteiger partial charge in [0.1, 0.15) is 11.9 Å². The number of aryl methyl sites for hydroxylation is 1. The molecule has 6 heteroatoms. The molecule has 0 saturated carbocycles. The minimum absolute atomic E-state index is 0.0773. The number of hydrogen-bond donors (Lipinski definition) is 0. The standard InChI is InChI=1S/C26H21F5O/c1-2-3-15-4-6-16(7-5-15)17-8-10-18(11-9-17)23(27)25(29)20-13-12-19(21-14-32-21)24(28)22(20)26(30)31/h4-13,21,26H,2-3,14H2,1H3/b25-23+. The van der Waals surface area contributed by atoms with E-state index in [1.807, 2.05) is 24.3 Å². The normalized spacial score (nSPS) is 16.3. The minimum atomic E-state index is -3.31. The molecule has 1 heterocycles. The van der Waals surface area contributed by atoms with Crippen LogP contribution < -0.4 is 0 Å². The first-order valence-electron chi connectivity index (χ1n) is 10.4. The lowest BCUT2D eigenvalue weighted by Crippen LogP contribution is -2.02. The fourth-order valence-electron chi connectivity index (χ4n) is 3.70. The Morgan fingerprint density at radius 1 is 0.906 bits per heavy atom. The molecule has 0 amide bonds. The molecule has 3 aromatic rings. The largest absolute Gasteiger partial charge is 0.368 e. The van der Waals surface area contributed by atoms with Gasteiger partial charge in [-0.25, -0.2) is 22.0 Å². The first-order valence-corrected chi connectivity index (χ1v) is 10.4. The number of benzene rings is 3. The van der Waals surface area contributed by atoms with Gasteiger partial charge in [-0.2, -0.15) is 0 Å². The van der Waals surface area contributed by atoms with Gasteiger partial charge in [0, 0.05) is 16.7 Å². The number of hydrogen-bond acceptors (Lipinski definition) is 1. The van der Waals surface area contributed by atoms with E-state index in [1.54, 1.807) is 12.1 Å². The Kier molecular flexibility index (Phi) is 6.42. The molecule has 0 aliphatic carbocycles. The molecule has 0 spiro atoms. The third-order valence-corrected chi connectivity index (χ3v) is 5.50. The molecular weight excluding hydrogens is 423 g/mol. The van der Waals surface area contributed by atoms with Gasteiger partial charge in [0.2, 0.25) is 0 Å². The summed E-state index contributed by atoms with van der Waals surface area (Å²) >= 11 is 0. The second-order valence-corrected chi connectivity index (χ2v) is 7.70. The summed E-state index contributed by atoms with van der Waals surface area (Å²) in [5.41, 5.74) is 0.782. The van der Waals surface area contributed by atoms with Crippen molar-refractivity contribution in [3.8, 4) is 11.1 Å². The molecule has 1 nitrogen and oxygen atoms in total. The van der Waals surface area contributed by atoms with Crippen LogP contribution in [0.1, 0.15) is 53.7 Å². The molecule has 4 rings (SSSR count). The summed E-state index contributed by atoms with van der Waals surface area (Å²) in [5.74, 6) is -4.12. The van der Waals surface area contributed by atoms with Crippen molar-refractivity contribution in [2.24, 2.45) is 0 Å². The summed E-state index contributed by atoms with van der Waals surface area (Å²) in [6.07, 6.45) is -1.91. The summed E-state index contributed by atoms with van der Waals surface area (Å²) < 4.78 is 76.2. The fourth-order valence-corrected chi connectivity index (χ4v) is 3.70. The van der Waals surface area contributed by atoms with Crippen LogP contribution in [0.15, 0.2) is 60.7 Å². The first kappa shape index (κ1) is 22.2. The van der Waals surface area contributed by atoms with Crippen LogP contribution in [0.4, 0.5) is 22.0 Å². The molecule has 1 unspecified atom stereocenters. The van der Waals surface area contributed by atoms with Crippen molar-refractivity contribution in [3.05, 3.63) is 94.3 Å². The van der Waals surface area contributed by atoms with E-state index < -0.39 is 41.1 Å². The molecule has 32 heavy (non-hydrogen) atoms. The maximum absolute atomic E-state index is 14.9. The van der Waals surface area contributed by atoms with Gasteiger partial charge in [-0.3, -0.25) is 0 Å². The Bertz CT molecular complexity index is 1130. The van der Waals surface area contributed by atoms with E-state index in [-0.39, 0.29) is 17.7 Å². The molecule has 1 atom stereocenters. The average Bonchev–Trinajstić information content (AvgIpc) is 3.64. The van der Waals surface area contributed by atoms with Crippen LogP contribution >= 0.6 is 0 Å². The van der Waals surface area contributed by atoms with Crippen LogP contribution in [0.3, 0.4) is 0 Å². The van der Waals surface area contributed by atoms with Crippen molar-refractivity contribution in [2.45, 2.75) is 32.3 Å². The zero-order chi connectivity index (χ0) is 22.8. The molecular formula is C26H21F5O. The molecule has 0 radical (unpaired) electrons. The molecule has 1 aliphatic rings. The molecule has 1 aliphatic heterocycles. The quantitative estimate of drug-likeness (QED) is 0.203. The zero-order valence-electron chi connectivity index (χ0n) is 17.3. The summed E-state index contributed by atoms with van der Waals surface area (Å²) in [7, 11) is 0. The predicted molar refractivity (Wildman–Crippen MR) is 115 cm³/mol. The fraction of sp³-hybridized carbons (Fsp3) is 0.231.